The zero-order chi connectivity index (χ0) is 41.0. The van der Waals surface area contributed by atoms with Crippen molar-refractivity contribution in [2.45, 2.75) is 162 Å². The van der Waals surface area contributed by atoms with Crippen molar-refractivity contribution in [2.24, 2.45) is 11.8 Å². The zero-order valence-corrected chi connectivity index (χ0v) is 35.6. The normalized spacial score (nSPS) is 21.2. The fourth-order valence-corrected chi connectivity index (χ4v) is 9.01. The lowest BCUT2D eigenvalue weighted by Crippen LogP contribution is -2.39. The first kappa shape index (κ1) is 44.1. The van der Waals surface area contributed by atoms with Crippen molar-refractivity contribution in [3.63, 3.8) is 0 Å². The standard InChI is InChI=1S/C45H63N3O8S/c1-7-10-11-14-27-48(44-47-39-15-12-13-16-41(39)57-44)46-29-34-28-35(45(6,9-3)56-43(52)33-19-24-37(25-20-33)54-31(5)50)21-26-38(34)40(8-2)55-42(51)32-17-22-36(23-18-32)53-30(4)49/h12-13,15-16,21,26,28,32-33,36-37,40,46H,7-11,14,17-20,22-25,27,29H2,1-6H3. The fourth-order valence-electron chi connectivity index (χ4n) is 8.04. The van der Waals surface area contributed by atoms with Crippen LogP contribution in [0.3, 0.4) is 0 Å². The van der Waals surface area contributed by atoms with Crippen LogP contribution < -0.4 is 10.4 Å². The molecule has 1 heterocycles. The SMILES string of the molecule is CCCCCCN(NCc1cc(C(C)(CC)OC(=O)C2CCC(OC(C)=O)CC2)ccc1C(CC)OC(=O)C1CCC(OC(C)=O)CC1)c1nc2ccccc2s1. The highest BCUT2D eigenvalue weighted by Gasteiger charge is 2.36. The van der Waals surface area contributed by atoms with E-state index < -0.39 is 11.7 Å². The van der Waals surface area contributed by atoms with Crippen molar-refractivity contribution in [3.8, 4) is 0 Å². The number of carbonyl (C=O) groups excluding carboxylic acids is 4. The molecule has 1 N–H and O–H groups in total. The number of rotatable bonds is 19. The summed E-state index contributed by atoms with van der Waals surface area (Å²) in [6.07, 6.45) is 9.77. The number of hydrazine groups is 1. The molecule has 11 nitrogen and oxygen atoms in total. The largest absolute Gasteiger partial charge is 0.463 e. The van der Waals surface area contributed by atoms with Crippen LogP contribution in [0, 0.1) is 11.8 Å². The number of aromatic nitrogens is 1. The topological polar surface area (TPSA) is 133 Å². The number of hydrogen-bond donors (Lipinski definition) is 1. The lowest BCUT2D eigenvalue weighted by Gasteiger charge is -2.34. The van der Waals surface area contributed by atoms with Crippen molar-refractivity contribution >= 4 is 50.6 Å². The number of nitrogens with one attached hydrogen (secondary N) is 1. The van der Waals surface area contributed by atoms with Gasteiger partial charge >= 0.3 is 23.9 Å². The van der Waals surface area contributed by atoms with Gasteiger partial charge < -0.3 is 18.9 Å². The molecule has 2 unspecified atom stereocenters. The number of hydrogen-bond acceptors (Lipinski definition) is 12. The minimum atomic E-state index is -0.900. The number of esters is 4. The van der Waals surface area contributed by atoms with Gasteiger partial charge in [-0.15, -0.1) is 0 Å². The zero-order valence-electron chi connectivity index (χ0n) is 34.8. The molecule has 1 aromatic heterocycles. The molecule has 0 aliphatic heterocycles. The predicted octanol–water partition coefficient (Wildman–Crippen LogP) is 9.79. The first-order chi connectivity index (χ1) is 27.4. The lowest BCUT2D eigenvalue weighted by atomic mass is 9.86. The van der Waals surface area contributed by atoms with Crippen LogP contribution in [-0.2, 0) is 50.3 Å². The molecule has 2 aliphatic rings. The van der Waals surface area contributed by atoms with Crippen molar-refractivity contribution in [1.29, 1.82) is 0 Å². The Balaban J connectivity index is 1.40. The maximum absolute atomic E-state index is 13.7. The number of ether oxygens (including phenoxy) is 4. The summed E-state index contributed by atoms with van der Waals surface area (Å²) in [5, 5.41) is 3.04. The Bertz CT molecular complexity index is 1760. The number of nitrogens with zero attached hydrogens (tertiary/aromatic N) is 2. The first-order valence-corrected chi connectivity index (χ1v) is 22.0. The van der Waals surface area contributed by atoms with E-state index >= 15 is 0 Å². The molecule has 0 radical (unpaired) electrons. The van der Waals surface area contributed by atoms with Crippen molar-refractivity contribution < 1.29 is 38.1 Å². The molecule has 57 heavy (non-hydrogen) atoms. The Morgan fingerprint density at radius 3 is 2.05 bits per heavy atom. The molecule has 2 saturated carbocycles. The second kappa shape index (κ2) is 21.1. The lowest BCUT2D eigenvalue weighted by molar-refractivity contribution is -0.167. The molecule has 0 bridgehead atoms. The Morgan fingerprint density at radius 1 is 0.842 bits per heavy atom. The molecule has 2 fully saturated rings. The summed E-state index contributed by atoms with van der Waals surface area (Å²) in [7, 11) is 0. The molecule has 0 amide bonds. The highest BCUT2D eigenvalue weighted by Crippen LogP contribution is 2.38. The maximum Gasteiger partial charge on any atom is 0.309 e. The van der Waals surface area contributed by atoms with Gasteiger partial charge in [0, 0.05) is 26.9 Å². The molecule has 12 heteroatoms. The van der Waals surface area contributed by atoms with E-state index in [1.807, 2.05) is 51.1 Å². The van der Waals surface area contributed by atoms with Crippen LogP contribution in [0.2, 0.25) is 0 Å². The number of benzene rings is 2. The summed E-state index contributed by atoms with van der Waals surface area (Å²) in [6.45, 7) is 12.3. The third-order valence-corrected chi connectivity index (χ3v) is 12.7. The number of anilines is 1. The maximum atomic E-state index is 13.7. The molecular weight excluding hydrogens is 743 g/mol. The van der Waals surface area contributed by atoms with Gasteiger partial charge in [-0.1, -0.05) is 81.7 Å². The van der Waals surface area contributed by atoms with Gasteiger partial charge in [0.25, 0.3) is 0 Å². The number of unbranched alkanes of at least 4 members (excludes halogenated alkanes) is 3. The van der Waals surface area contributed by atoms with Crippen LogP contribution in [0.5, 0.6) is 0 Å². The van der Waals surface area contributed by atoms with Gasteiger partial charge in [-0.2, -0.15) is 0 Å². The minimum absolute atomic E-state index is 0.155. The van der Waals surface area contributed by atoms with E-state index in [0.717, 1.165) is 64.3 Å². The van der Waals surface area contributed by atoms with Gasteiger partial charge in [0.15, 0.2) is 0 Å². The molecule has 2 aliphatic carbocycles. The molecule has 2 atom stereocenters. The molecular formula is C45H63N3O8S. The van der Waals surface area contributed by atoms with Gasteiger partial charge in [-0.3, -0.25) is 24.2 Å². The van der Waals surface area contributed by atoms with Crippen LogP contribution in [0.25, 0.3) is 10.2 Å². The number of carbonyl (C=O) groups is 4. The number of thiazole rings is 1. The average Bonchev–Trinajstić information content (AvgIpc) is 3.64. The number of fused-ring (bicyclic) bond motifs is 1. The highest BCUT2D eigenvalue weighted by molar-refractivity contribution is 7.22. The summed E-state index contributed by atoms with van der Waals surface area (Å²) in [5.41, 5.74) is 6.49. The van der Waals surface area contributed by atoms with E-state index in [4.69, 9.17) is 23.9 Å². The van der Waals surface area contributed by atoms with Crippen LogP contribution in [0.1, 0.15) is 154 Å². The van der Waals surface area contributed by atoms with Gasteiger partial charge in [0.2, 0.25) is 5.13 Å². The van der Waals surface area contributed by atoms with E-state index in [-0.39, 0.29) is 47.9 Å². The van der Waals surface area contributed by atoms with E-state index in [9.17, 15) is 19.2 Å². The Morgan fingerprint density at radius 2 is 1.47 bits per heavy atom. The van der Waals surface area contributed by atoms with Gasteiger partial charge in [0.1, 0.15) is 23.9 Å². The van der Waals surface area contributed by atoms with Crippen molar-refractivity contribution in [1.82, 2.24) is 10.4 Å². The summed E-state index contributed by atoms with van der Waals surface area (Å²) in [5.74, 6) is -1.56. The predicted molar refractivity (Wildman–Crippen MR) is 222 cm³/mol. The summed E-state index contributed by atoms with van der Waals surface area (Å²) < 4.78 is 24.6. The molecule has 312 valence electrons. The second-order valence-electron chi connectivity index (χ2n) is 15.9. The van der Waals surface area contributed by atoms with Gasteiger partial charge in [0.05, 0.1) is 22.1 Å². The molecule has 3 aromatic rings. The third kappa shape index (κ3) is 12.2. The van der Waals surface area contributed by atoms with Crippen LogP contribution in [0.4, 0.5) is 5.13 Å². The van der Waals surface area contributed by atoms with E-state index in [1.54, 1.807) is 11.3 Å². The highest BCUT2D eigenvalue weighted by atomic mass is 32.1. The minimum Gasteiger partial charge on any atom is -0.463 e. The van der Waals surface area contributed by atoms with Crippen LogP contribution in [-0.4, -0.2) is 47.6 Å². The molecule has 2 aromatic carbocycles. The third-order valence-electron chi connectivity index (χ3n) is 11.6. The summed E-state index contributed by atoms with van der Waals surface area (Å²) >= 11 is 1.65. The Kier molecular flexibility index (Phi) is 16.3. The van der Waals surface area contributed by atoms with Gasteiger partial charge in [-0.25, -0.2) is 10.4 Å². The fraction of sp³-hybridized carbons (Fsp3) is 0.622. The van der Waals surface area contributed by atoms with E-state index in [1.165, 1.54) is 13.8 Å². The van der Waals surface area contributed by atoms with E-state index in [0.29, 0.717) is 70.8 Å². The van der Waals surface area contributed by atoms with Gasteiger partial charge in [-0.05, 0) is 106 Å². The molecule has 0 spiro atoms. The van der Waals surface area contributed by atoms with Crippen molar-refractivity contribution in [3.05, 3.63) is 59.2 Å². The molecule has 5 rings (SSSR count). The Hall–Kier alpha value is -4.03. The van der Waals surface area contributed by atoms with Crippen LogP contribution >= 0.6 is 11.3 Å². The second-order valence-corrected chi connectivity index (χ2v) is 16.9. The smallest absolute Gasteiger partial charge is 0.309 e. The van der Waals surface area contributed by atoms with Crippen LogP contribution in [0.15, 0.2) is 42.5 Å². The monoisotopic (exact) mass is 805 g/mol. The Labute approximate surface area is 342 Å². The average molecular weight is 806 g/mol. The summed E-state index contributed by atoms with van der Waals surface area (Å²) in [6, 6.07) is 14.3. The molecule has 0 saturated heterocycles. The number of para-hydroxylation sites is 1. The van der Waals surface area contributed by atoms with E-state index in [2.05, 4.69) is 29.5 Å². The quantitative estimate of drug-likeness (QED) is 0.0537. The summed E-state index contributed by atoms with van der Waals surface area (Å²) in [4.78, 5) is 55.3. The first-order valence-electron chi connectivity index (χ1n) is 21.2. The van der Waals surface area contributed by atoms with Crippen molar-refractivity contribution in [2.75, 3.05) is 11.6 Å².